The number of methoxy groups -OCH3 is 1. The molecule has 2 atom stereocenters. The molecule has 1 aliphatic carbocycles. The van der Waals surface area contributed by atoms with Gasteiger partial charge in [-0.05, 0) is 51.6 Å². The lowest BCUT2D eigenvalue weighted by molar-refractivity contribution is 0.106. The minimum Gasteiger partial charge on any atom is -0.381 e. The highest BCUT2D eigenvalue weighted by molar-refractivity contribution is 6.04. The summed E-state index contributed by atoms with van der Waals surface area (Å²) in [5.41, 5.74) is 3.15. The number of rotatable bonds is 5. The molecule has 2 aliphatic rings. The molecule has 0 bridgehead atoms. The van der Waals surface area contributed by atoms with E-state index in [1.165, 1.54) is 6.07 Å². The van der Waals surface area contributed by atoms with E-state index in [0.717, 1.165) is 54.6 Å². The molecule has 1 saturated carbocycles. The number of anilines is 1. The SMILES string of the molecule is CO[C@H]1CC[C@H](n2c(=O)n(C)c3cnc4cc(F)c(-c5ccc(N6CC(N(C)C)C6)nc5)cc4c32)C1. The van der Waals surface area contributed by atoms with E-state index in [-0.39, 0.29) is 23.7 Å². The average molecular weight is 491 g/mol. The van der Waals surface area contributed by atoms with E-state index in [1.807, 2.05) is 22.8 Å². The molecule has 0 unspecified atom stereocenters. The Kier molecular flexibility index (Phi) is 5.57. The molecule has 0 spiro atoms. The average Bonchev–Trinajstić information content (AvgIpc) is 3.40. The first-order chi connectivity index (χ1) is 17.4. The van der Waals surface area contributed by atoms with Crippen molar-refractivity contribution < 1.29 is 9.13 Å². The standard InChI is InChI=1S/C27H31FN6O2/c1-31(2)18-14-33(15-18)25-8-5-16(12-30-25)20-10-21-23(11-22(20)28)29-13-24-26(21)34(27(35)32(24)3)17-6-7-19(9-17)36-4/h5,8,10-13,17-19H,6-7,9,14-15H2,1-4H3/t17-,19-/m0/s1. The molecule has 1 saturated heterocycles. The molecular formula is C27H31FN6O2. The third-order valence-corrected chi connectivity index (χ3v) is 8.04. The van der Waals surface area contributed by atoms with E-state index in [1.54, 1.807) is 31.1 Å². The molecule has 1 aliphatic heterocycles. The first-order valence-corrected chi connectivity index (χ1v) is 12.5. The summed E-state index contributed by atoms with van der Waals surface area (Å²) < 4.78 is 24.4. The van der Waals surface area contributed by atoms with E-state index >= 15 is 4.39 Å². The molecular weight excluding hydrogens is 459 g/mol. The number of aromatic nitrogens is 4. The smallest absolute Gasteiger partial charge is 0.329 e. The highest BCUT2D eigenvalue weighted by Gasteiger charge is 2.31. The van der Waals surface area contributed by atoms with Crippen LogP contribution in [0.1, 0.15) is 25.3 Å². The summed E-state index contributed by atoms with van der Waals surface area (Å²) in [7, 11) is 7.65. The minimum atomic E-state index is -0.356. The van der Waals surface area contributed by atoms with Crippen molar-refractivity contribution >= 4 is 27.8 Å². The quantitative estimate of drug-likeness (QED) is 0.426. The number of aryl methyl sites for hydroxylation is 1. The zero-order valence-electron chi connectivity index (χ0n) is 21.1. The zero-order chi connectivity index (χ0) is 25.1. The molecule has 8 nitrogen and oxygen atoms in total. The summed E-state index contributed by atoms with van der Waals surface area (Å²) >= 11 is 0. The lowest BCUT2D eigenvalue weighted by Crippen LogP contribution is -2.57. The maximum atomic E-state index is 15.3. The number of nitrogens with zero attached hydrogens (tertiary/aromatic N) is 6. The summed E-state index contributed by atoms with van der Waals surface area (Å²) in [4.78, 5) is 26.9. The van der Waals surface area contributed by atoms with Crippen LogP contribution in [-0.4, -0.2) is 70.4 Å². The Balaban J connectivity index is 1.43. The molecule has 1 aromatic carbocycles. The first-order valence-electron chi connectivity index (χ1n) is 12.5. The minimum absolute atomic E-state index is 0.0359. The number of hydrogen-bond donors (Lipinski definition) is 0. The van der Waals surface area contributed by atoms with Crippen LogP contribution >= 0.6 is 0 Å². The number of ether oxygens (including phenoxy) is 1. The van der Waals surface area contributed by atoms with Crippen molar-refractivity contribution in [1.29, 1.82) is 0 Å². The van der Waals surface area contributed by atoms with Crippen LogP contribution in [0.4, 0.5) is 10.2 Å². The van der Waals surface area contributed by atoms with Crippen LogP contribution in [0.15, 0.2) is 41.5 Å². The predicted molar refractivity (Wildman–Crippen MR) is 139 cm³/mol. The molecule has 9 heteroatoms. The van der Waals surface area contributed by atoms with Gasteiger partial charge in [-0.1, -0.05) is 0 Å². The summed E-state index contributed by atoms with van der Waals surface area (Å²) in [6.45, 7) is 1.87. The van der Waals surface area contributed by atoms with Crippen LogP contribution in [-0.2, 0) is 11.8 Å². The Morgan fingerprint density at radius 1 is 1.11 bits per heavy atom. The number of halogens is 1. The van der Waals surface area contributed by atoms with E-state index in [4.69, 9.17) is 4.74 Å². The van der Waals surface area contributed by atoms with Gasteiger partial charge in [0.2, 0.25) is 0 Å². The van der Waals surface area contributed by atoms with Crippen LogP contribution in [0, 0.1) is 5.82 Å². The van der Waals surface area contributed by atoms with Crippen molar-refractivity contribution in [3.8, 4) is 11.1 Å². The fraction of sp³-hybridized carbons (Fsp3) is 0.444. The number of pyridine rings is 2. The summed E-state index contributed by atoms with van der Waals surface area (Å²) in [6.07, 6.45) is 6.10. The van der Waals surface area contributed by atoms with Crippen LogP contribution in [0.2, 0.25) is 0 Å². The Bertz CT molecular complexity index is 1500. The van der Waals surface area contributed by atoms with Crippen molar-refractivity contribution in [1.82, 2.24) is 24.0 Å². The highest BCUT2D eigenvalue weighted by atomic mass is 19.1. The van der Waals surface area contributed by atoms with Crippen molar-refractivity contribution in [2.75, 3.05) is 39.2 Å². The third kappa shape index (κ3) is 3.60. The van der Waals surface area contributed by atoms with Gasteiger partial charge in [-0.25, -0.2) is 14.2 Å². The Morgan fingerprint density at radius 3 is 2.58 bits per heavy atom. The molecule has 4 heterocycles. The van der Waals surface area contributed by atoms with E-state index < -0.39 is 0 Å². The Hall–Kier alpha value is -3.30. The normalized spacial score (nSPS) is 20.7. The number of hydrogen-bond acceptors (Lipinski definition) is 6. The van der Waals surface area contributed by atoms with Gasteiger partial charge in [-0.3, -0.25) is 14.1 Å². The van der Waals surface area contributed by atoms with Crippen molar-refractivity contribution in [3.63, 3.8) is 0 Å². The van der Waals surface area contributed by atoms with Crippen LogP contribution < -0.4 is 10.6 Å². The molecule has 3 aromatic heterocycles. The van der Waals surface area contributed by atoms with Gasteiger partial charge in [-0.2, -0.15) is 0 Å². The molecule has 0 N–H and O–H groups in total. The van der Waals surface area contributed by atoms with Gasteiger partial charge in [0, 0.05) is 68.1 Å². The topological polar surface area (TPSA) is 68.4 Å². The number of benzene rings is 1. The van der Waals surface area contributed by atoms with E-state index in [2.05, 4.69) is 33.9 Å². The third-order valence-electron chi connectivity index (χ3n) is 8.04. The number of imidazole rings is 1. The van der Waals surface area contributed by atoms with Gasteiger partial charge in [0.15, 0.2) is 0 Å². The van der Waals surface area contributed by atoms with Gasteiger partial charge in [-0.15, -0.1) is 0 Å². The predicted octanol–water partition coefficient (Wildman–Crippen LogP) is 3.58. The molecule has 6 rings (SSSR count). The maximum absolute atomic E-state index is 15.3. The second-order valence-electron chi connectivity index (χ2n) is 10.3. The number of fused-ring (bicyclic) bond motifs is 3. The Labute approximate surface area is 208 Å². The zero-order valence-corrected chi connectivity index (χ0v) is 21.1. The van der Waals surface area contributed by atoms with Crippen LogP contribution in [0.25, 0.3) is 33.1 Å². The van der Waals surface area contributed by atoms with E-state index in [0.29, 0.717) is 22.7 Å². The summed E-state index contributed by atoms with van der Waals surface area (Å²) in [5, 5.41) is 0.767. The summed E-state index contributed by atoms with van der Waals surface area (Å²) in [5.74, 6) is 0.540. The van der Waals surface area contributed by atoms with Crippen molar-refractivity contribution in [3.05, 3.63) is 53.0 Å². The lowest BCUT2D eigenvalue weighted by Gasteiger charge is -2.43. The number of likely N-dealkylation sites (N-methyl/N-ethyl adjacent to an activating group) is 1. The van der Waals surface area contributed by atoms with Crippen molar-refractivity contribution in [2.45, 2.75) is 37.5 Å². The lowest BCUT2D eigenvalue weighted by atomic mass is 10.0. The largest absolute Gasteiger partial charge is 0.381 e. The second-order valence-corrected chi connectivity index (χ2v) is 10.3. The molecule has 36 heavy (non-hydrogen) atoms. The fourth-order valence-corrected chi connectivity index (χ4v) is 5.68. The summed E-state index contributed by atoms with van der Waals surface area (Å²) in [6, 6.07) is 7.72. The van der Waals surface area contributed by atoms with Gasteiger partial charge in [0.05, 0.1) is 28.9 Å². The van der Waals surface area contributed by atoms with Gasteiger partial charge >= 0.3 is 5.69 Å². The fourth-order valence-electron chi connectivity index (χ4n) is 5.68. The van der Waals surface area contributed by atoms with Crippen molar-refractivity contribution in [2.24, 2.45) is 7.05 Å². The van der Waals surface area contributed by atoms with Crippen LogP contribution in [0.3, 0.4) is 0 Å². The highest BCUT2D eigenvalue weighted by Crippen LogP contribution is 2.36. The molecule has 2 fully saturated rings. The molecule has 0 radical (unpaired) electrons. The maximum Gasteiger partial charge on any atom is 0.329 e. The first kappa shape index (κ1) is 23.1. The molecule has 188 valence electrons. The monoisotopic (exact) mass is 490 g/mol. The molecule has 4 aromatic rings. The van der Waals surface area contributed by atoms with Gasteiger partial charge < -0.3 is 14.5 Å². The van der Waals surface area contributed by atoms with Crippen LogP contribution in [0.5, 0.6) is 0 Å². The second kappa shape index (κ2) is 8.67. The Morgan fingerprint density at radius 2 is 1.92 bits per heavy atom. The van der Waals surface area contributed by atoms with Gasteiger partial charge in [0.25, 0.3) is 0 Å². The van der Waals surface area contributed by atoms with Gasteiger partial charge in [0.1, 0.15) is 11.6 Å². The molecule has 0 amide bonds. The van der Waals surface area contributed by atoms with E-state index in [9.17, 15) is 4.79 Å².